The molecule has 10 heteroatoms. The van der Waals surface area contributed by atoms with Crippen LogP contribution in [0.1, 0.15) is 32.3 Å². The van der Waals surface area contributed by atoms with E-state index in [1.165, 1.54) is 4.90 Å². The van der Waals surface area contributed by atoms with Crippen molar-refractivity contribution in [1.29, 1.82) is 0 Å². The Hall–Kier alpha value is -2.78. The molecule has 2 fully saturated rings. The van der Waals surface area contributed by atoms with Crippen molar-refractivity contribution in [1.82, 2.24) is 15.5 Å². The van der Waals surface area contributed by atoms with Gasteiger partial charge in [0.05, 0.1) is 11.6 Å². The first-order valence-electron chi connectivity index (χ1n) is 9.45. The van der Waals surface area contributed by atoms with Gasteiger partial charge in [-0.25, -0.2) is 4.79 Å². The van der Waals surface area contributed by atoms with Crippen molar-refractivity contribution in [3.63, 3.8) is 0 Å². The van der Waals surface area contributed by atoms with Gasteiger partial charge in [-0.2, -0.15) is 13.2 Å². The Morgan fingerprint density at radius 2 is 1.93 bits per heavy atom. The van der Waals surface area contributed by atoms with Crippen molar-refractivity contribution in [2.45, 2.75) is 51.0 Å². The lowest BCUT2D eigenvalue weighted by Crippen LogP contribution is -2.62. The second kappa shape index (κ2) is 7.92. The van der Waals surface area contributed by atoms with Gasteiger partial charge in [-0.05, 0) is 36.6 Å². The van der Waals surface area contributed by atoms with E-state index in [1.54, 1.807) is 0 Å². The molecule has 29 heavy (non-hydrogen) atoms. The molecular formula is C19H23F3N4O3. The summed E-state index contributed by atoms with van der Waals surface area (Å²) >= 11 is 0. The third-order valence-corrected chi connectivity index (χ3v) is 5.47. The minimum absolute atomic E-state index is 0.00220. The van der Waals surface area contributed by atoms with Crippen LogP contribution in [-0.4, -0.2) is 47.4 Å². The zero-order valence-electron chi connectivity index (χ0n) is 16.0. The highest BCUT2D eigenvalue weighted by atomic mass is 19.4. The standard InChI is InChI=1S/C19H23F3N4O3/c1-3-10(2)15-17(28)26-9-13(8-14(26)16(27)25-15)24-18(29)23-12-6-4-11(5-7-12)19(20,21)22/h4-7,10,13-15H,3,8-9H2,1-2H3,(H,25,27)(H2,23,24,29)/t10-,13-,14-,15-/m0/s1. The van der Waals surface area contributed by atoms with Gasteiger partial charge >= 0.3 is 12.2 Å². The van der Waals surface area contributed by atoms with E-state index in [9.17, 15) is 27.6 Å². The van der Waals surface area contributed by atoms with Crippen LogP contribution in [0.5, 0.6) is 0 Å². The van der Waals surface area contributed by atoms with Crippen LogP contribution in [0.4, 0.5) is 23.7 Å². The molecule has 7 nitrogen and oxygen atoms in total. The molecule has 4 atom stereocenters. The number of fused-ring (bicyclic) bond motifs is 1. The summed E-state index contributed by atoms with van der Waals surface area (Å²) < 4.78 is 37.8. The highest BCUT2D eigenvalue weighted by Crippen LogP contribution is 2.30. The Labute approximate surface area is 166 Å². The quantitative estimate of drug-likeness (QED) is 0.709. The monoisotopic (exact) mass is 412 g/mol. The van der Waals surface area contributed by atoms with Gasteiger partial charge in [0.15, 0.2) is 0 Å². The molecule has 3 N–H and O–H groups in total. The molecule has 2 aliphatic heterocycles. The smallest absolute Gasteiger partial charge is 0.342 e. The van der Waals surface area contributed by atoms with Crippen LogP contribution in [0.2, 0.25) is 0 Å². The number of carbonyl (C=O) groups is 3. The molecule has 2 saturated heterocycles. The summed E-state index contributed by atoms with van der Waals surface area (Å²) in [4.78, 5) is 38.7. The van der Waals surface area contributed by atoms with E-state index in [2.05, 4.69) is 16.0 Å². The van der Waals surface area contributed by atoms with Crippen LogP contribution in [0.25, 0.3) is 0 Å². The molecule has 0 spiro atoms. The maximum atomic E-state index is 12.7. The molecule has 3 rings (SSSR count). The Balaban J connectivity index is 1.59. The number of benzene rings is 1. The molecule has 0 aliphatic carbocycles. The highest BCUT2D eigenvalue weighted by molar-refractivity contribution is 5.98. The van der Waals surface area contributed by atoms with Gasteiger partial charge in [0.2, 0.25) is 11.8 Å². The number of rotatable bonds is 4. The molecule has 1 aromatic rings. The predicted molar refractivity (Wildman–Crippen MR) is 98.9 cm³/mol. The first kappa shape index (κ1) is 20.9. The van der Waals surface area contributed by atoms with Gasteiger partial charge in [0.1, 0.15) is 12.1 Å². The number of nitrogens with zero attached hydrogens (tertiary/aromatic N) is 1. The largest absolute Gasteiger partial charge is 0.416 e. The molecule has 0 aromatic heterocycles. The van der Waals surface area contributed by atoms with E-state index in [-0.39, 0.29) is 36.4 Å². The van der Waals surface area contributed by atoms with E-state index in [1.807, 2.05) is 13.8 Å². The summed E-state index contributed by atoms with van der Waals surface area (Å²) in [5, 5.41) is 7.92. The number of halogens is 3. The van der Waals surface area contributed by atoms with E-state index in [0.29, 0.717) is 0 Å². The maximum Gasteiger partial charge on any atom is 0.416 e. The van der Waals surface area contributed by atoms with E-state index < -0.39 is 35.9 Å². The Bertz CT molecular complexity index is 797. The average molecular weight is 412 g/mol. The van der Waals surface area contributed by atoms with Crippen molar-refractivity contribution in [2.24, 2.45) is 5.92 Å². The first-order chi connectivity index (χ1) is 13.6. The molecule has 2 heterocycles. The molecule has 0 saturated carbocycles. The third-order valence-electron chi connectivity index (χ3n) is 5.47. The molecule has 2 aliphatic rings. The Kier molecular flexibility index (Phi) is 5.72. The molecule has 0 unspecified atom stereocenters. The van der Waals surface area contributed by atoms with Crippen LogP contribution in [0.3, 0.4) is 0 Å². The van der Waals surface area contributed by atoms with Crippen LogP contribution in [0.15, 0.2) is 24.3 Å². The number of hydrogen-bond acceptors (Lipinski definition) is 3. The fourth-order valence-electron chi connectivity index (χ4n) is 3.64. The minimum atomic E-state index is -4.45. The lowest BCUT2D eigenvalue weighted by molar-refractivity contribution is -0.148. The molecular weight excluding hydrogens is 389 g/mol. The zero-order chi connectivity index (χ0) is 21.3. The van der Waals surface area contributed by atoms with Crippen molar-refractivity contribution in [3.8, 4) is 0 Å². The van der Waals surface area contributed by atoms with Crippen LogP contribution >= 0.6 is 0 Å². The number of amides is 4. The van der Waals surface area contributed by atoms with Crippen LogP contribution in [-0.2, 0) is 15.8 Å². The van der Waals surface area contributed by atoms with E-state index in [4.69, 9.17) is 0 Å². The first-order valence-corrected chi connectivity index (χ1v) is 9.45. The normalized spacial score (nSPS) is 25.3. The summed E-state index contributed by atoms with van der Waals surface area (Å²) in [5.41, 5.74) is -0.603. The number of alkyl halides is 3. The highest BCUT2D eigenvalue weighted by Gasteiger charge is 2.47. The lowest BCUT2D eigenvalue weighted by atomic mass is 9.95. The summed E-state index contributed by atoms with van der Waals surface area (Å²) in [7, 11) is 0. The summed E-state index contributed by atoms with van der Waals surface area (Å²) in [5.74, 6) is -0.388. The minimum Gasteiger partial charge on any atom is -0.342 e. The van der Waals surface area contributed by atoms with E-state index in [0.717, 1.165) is 30.7 Å². The molecule has 0 radical (unpaired) electrons. The second-order valence-electron chi connectivity index (χ2n) is 7.48. The number of hydrogen-bond donors (Lipinski definition) is 3. The van der Waals surface area contributed by atoms with Crippen molar-refractivity contribution < 1.29 is 27.6 Å². The van der Waals surface area contributed by atoms with Gasteiger partial charge in [-0.1, -0.05) is 20.3 Å². The van der Waals surface area contributed by atoms with Crippen molar-refractivity contribution >= 4 is 23.5 Å². The number of piperazine rings is 1. The van der Waals surface area contributed by atoms with Crippen LogP contribution < -0.4 is 16.0 Å². The number of urea groups is 1. The molecule has 158 valence electrons. The summed E-state index contributed by atoms with van der Waals surface area (Å²) in [6, 6.07) is 1.85. The zero-order valence-corrected chi connectivity index (χ0v) is 16.0. The number of anilines is 1. The average Bonchev–Trinajstić information content (AvgIpc) is 3.08. The van der Waals surface area contributed by atoms with Gasteiger partial charge in [-0.3, -0.25) is 9.59 Å². The number of carbonyl (C=O) groups excluding carboxylic acids is 3. The maximum absolute atomic E-state index is 12.7. The van der Waals surface area contributed by atoms with Gasteiger partial charge in [0, 0.05) is 12.2 Å². The summed E-state index contributed by atoms with van der Waals surface area (Å²) in [6.07, 6.45) is -3.42. The lowest BCUT2D eigenvalue weighted by Gasteiger charge is -2.36. The van der Waals surface area contributed by atoms with Gasteiger partial charge in [0.25, 0.3) is 0 Å². The van der Waals surface area contributed by atoms with Crippen molar-refractivity contribution in [2.75, 3.05) is 11.9 Å². The fraction of sp³-hybridized carbons (Fsp3) is 0.526. The molecule has 0 bridgehead atoms. The third kappa shape index (κ3) is 4.46. The van der Waals surface area contributed by atoms with Crippen LogP contribution in [0, 0.1) is 5.92 Å². The molecule has 1 aromatic carbocycles. The van der Waals surface area contributed by atoms with Gasteiger partial charge < -0.3 is 20.9 Å². The van der Waals surface area contributed by atoms with Gasteiger partial charge in [-0.15, -0.1) is 0 Å². The topological polar surface area (TPSA) is 90.5 Å². The molecule has 4 amide bonds. The predicted octanol–water partition coefficient (Wildman–Crippen LogP) is 2.34. The SMILES string of the molecule is CC[C@H](C)[C@@H]1NC(=O)[C@@H]2C[C@H](NC(=O)Nc3ccc(C(F)(F)F)cc3)CN2C1=O. The Morgan fingerprint density at radius 1 is 1.28 bits per heavy atom. The number of nitrogens with one attached hydrogen (secondary N) is 3. The fourth-order valence-corrected chi connectivity index (χ4v) is 3.64. The van der Waals surface area contributed by atoms with Crippen molar-refractivity contribution in [3.05, 3.63) is 29.8 Å². The Morgan fingerprint density at radius 3 is 2.52 bits per heavy atom. The second-order valence-corrected chi connectivity index (χ2v) is 7.48. The summed E-state index contributed by atoms with van der Waals surface area (Å²) in [6.45, 7) is 4.05. The van der Waals surface area contributed by atoms with E-state index >= 15 is 0 Å².